The zero-order valence-corrected chi connectivity index (χ0v) is 21.9. The molecule has 10 heteroatoms. The highest BCUT2D eigenvalue weighted by Gasteiger charge is 2.31. The van der Waals surface area contributed by atoms with Crippen LogP contribution in [0.4, 0.5) is 0 Å². The summed E-state index contributed by atoms with van der Waals surface area (Å²) < 4.78 is 8.35. The third-order valence-corrected chi connectivity index (χ3v) is 6.90. The second kappa shape index (κ2) is 10.4. The summed E-state index contributed by atoms with van der Waals surface area (Å²) in [5.74, 6) is -1.09. The minimum Gasteiger partial charge on any atom is -0.494 e. The van der Waals surface area contributed by atoms with Crippen LogP contribution in [-0.2, 0) is 16.1 Å². The van der Waals surface area contributed by atoms with Gasteiger partial charge >= 0.3 is 0 Å². The molecule has 0 bridgehead atoms. The van der Waals surface area contributed by atoms with E-state index in [9.17, 15) is 19.5 Å². The molecule has 2 fully saturated rings. The third-order valence-electron chi connectivity index (χ3n) is 6.90. The first kappa shape index (κ1) is 25.7. The lowest BCUT2D eigenvalue weighted by molar-refractivity contribution is -0.134. The summed E-state index contributed by atoms with van der Waals surface area (Å²) in [6, 6.07) is 9.57. The van der Waals surface area contributed by atoms with E-state index in [0.717, 1.165) is 22.9 Å². The zero-order chi connectivity index (χ0) is 27.0. The van der Waals surface area contributed by atoms with Crippen LogP contribution in [0.1, 0.15) is 59.9 Å². The first-order valence-electron chi connectivity index (χ1n) is 13.0. The molecule has 0 spiro atoms. The fourth-order valence-corrected chi connectivity index (χ4v) is 4.85. The zero-order valence-electron chi connectivity index (χ0n) is 21.9. The first-order valence-corrected chi connectivity index (χ1v) is 13.0. The Kier molecular flexibility index (Phi) is 7.07. The Morgan fingerprint density at radius 2 is 1.97 bits per heavy atom. The molecule has 10 nitrogen and oxygen atoms in total. The molecule has 38 heavy (non-hydrogen) atoms. The predicted molar refractivity (Wildman–Crippen MR) is 142 cm³/mol. The lowest BCUT2D eigenvalue weighted by Gasteiger charge is -2.35. The van der Waals surface area contributed by atoms with Crippen LogP contribution >= 0.6 is 0 Å². The van der Waals surface area contributed by atoms with Crippen molar-refractivity contribution in [3.63, 3.8) is 0 Å². The minimum atomic E-state index is -0.693. The normalized spacial score (nSPS) is 18.0. The fourth-order valence-electron chi connectivity index (χ4n) is 4.85. The van der Waals surface area contributed by atoms with Crippen molar-refractivity contribution >= 4 is 23.5 Å². The van der Waals surface area contributed by atoms with Crippen molar-refractivity contribution in [3.8, 4) is 5.88 Å². The van der Waals surface area contributed by atoms with Gasteiger partial charge in [-0.15, -0.1) is 0 Å². The largest absolute Gasteiger partial charge is 0.494 e. The Morgan fingerprint density at radius 3 is 2.66 bits per heavy atom. The first-order chi connectivity index (χ1) is 18.3. The molecule has 1 saturated heterocycles. The number of hydrogen-bond donors (Lipinski definition) is 2. The number of carbonyl (C=O) groups is 2. The molecule has 0 unspecified atom stereocenters. The maximum Gasteiger partial charge on any atom is 0.291 e. The quantitative estimate of drug-likeness (QED) is 0.464. The summed E-state index contributed by atoms with van der Waals surface area (Å²) in [6.07, 6.45) is 4.82. The number of fused-ring (bicyclic) bond motifs is 1. The summed E-state index contributed by atoms with van der Waals surface area (Å²) in [7, 11) is 0. The molecule has 3 heterocycles. The maximum atomic E-state index is 13.4. The lowest BCUT2D eigenvalue weighted by atomic mass is 10.0. The number of carbonyl (C=O) groups excluding carboxylic acids is 2. The number of hydrogen-bond acceptors (Lipinski definition) is 6. The van der Waals surface area contributed by atoms with Crippen LogP contribution in [-0.4, -0.2) is 61.8 Å². The van der Waals surface area contributed by atoms with Crippen molar-refractivity contribution in [3.05, 3.63) is 69.1 Å². The smallest absolute Gasteiger partial charge is 0.291 e. The molecular formula is C28H33N5O5. The van der Waals surface area contributed by atoms with Crippen molar-refractivity contribution < 1.29 is 19.4 Å². The molecule has 2 aromatic heterocycles. The van der Waals surface area contributed by atoms with Crippen LogP contribution in [0, 0.1) is 12.8 Å². The topological polar surface area (TPSA) is 118 Å². The number of amides is 2. The molecule has 2 amide bonds. The molecule has 1 aliphatic carbocycles. The summed E-state index contributed by atoms with van der Waals surface area (Å²) >= 11 is 0. The average Bonchev–Trinajstić information content (AvgIpc) is 3.65. The maximum absolute atomic E-state index is 13.4. The van der Waals surface area contributed by atoms with Gasteiger partial charge in [0.1, 0.15) is 5.65 Å². The monoisotopic (exact) mass is 519 g/mol. The number of nitrogens with one attached hydrogen (secondary N) is 1. The Morgan fingerprint density at radius 1 is 1.24 bits per heavy atom. The minimum absolute atomic E-state index is 0.0271. The van der Waals surface area contributed by atoms with Crippen LogP contribution in [0.5, 0.6) is 5.88 Å². The molecule has 3 aromatic rings. The van der Waals surface area contributed by atoms with Crippen LogP contribution < -0.4 is 10.9 Å². The van der Waals surface area contributed by atoms with Gasteiger partial charge in [0.05, 0.1) is 24.9 Å². The number of aromatic nitrogens is 3. The SMILES string of the molecule is Cc1nn2c(=O)c(C(=O)NC3CC3)c(O)n(CC(C)C)c2c1/C=C/C(=O)N1CCOC[C@H]1c1ccccc1. The molecule has 2 N–H and O–H groups in total. The van der Waals surface area contributed by atoms with Gasteiger partial charge in [0.25, 0.3) is 11.5 Å². The van der Waals surface area contributed by atoms with E-state index in [-0.39, 0.29) is 29.5 Å². The fraction of sp³-hybridized carbons (Fsp3) is 0.429. The average molecular weight is 520 g/mol. The number of ether oxygens (including phenoxy) is 1. The molecular weight excluding hydrogens is 486 g/mol. The van der Waals surface area contributed by atoms with Gasteiger partial charge in [0.2, 0.25) is 11.8 Å². The number of aryl methyl sites for hydroxylation is 1. The lowest BCUT2D eigenvalue weighted by Crippen LogP contribution is -2.42. The van der Waals surface area contributed by atoms with E-state index >= 15 is 0 Å². The number of morpholine rings is 1. The number of nitrogens with zero attached hydrogens (tertiary/aromatic N) is 4. The van der Waals surface area contributed by atoms with Crippen LogP contribution in [0.2, 0.25) is 0 Å². The standard InChI is InChI=1S/C28H33N5O5/c1-17(2)15-32-26-21(11-12-23(34)31-13-14-38-16-22(31)19-7-5-4-6-8-19)18(3)30-33(26)28(37)24(27(32)36)25(35)29-20-9-10-20/h4-8,11-12,17,20,22,36H,9-10,13-16H2,1-3H3,(H,29,35)/b12-11+/t22-/m0/s1. The van der Waals surface area contributed by atoms with Gasteiger partial charge in [-0.3, -0.25) is 19.0 Å². The van der Waals surface area contributed by atoms with E-state index in [1.807, 2.05) is 44.2 Å². The molecule has 1 saturated carbocycles. The Labute approximate surface area is 220 Å². The third kappa shape index (κ3) is 4.96. The van der Waals surface area contributed by atoms with E-state index in [1.54, 1.807) is 22.5 Å². The number of aromatic hydroxyl groups is 1. The highest BCUT2D eigenvalue weighted by Crippen LogP contribution is 2.27. The molecule has 0 radical (unpaired) electrons. The highest BCUT2D eigenvalue weighted by atomic mass is 16.5. The Hall–Kier alpha value is -3.92. The van der Waals surface area contributed by atoms with Gasteiger partial charge < -0.3 is 20.1 Å². The molecule has 5 rings (SSSR count). The Balaban J connectivity index is 1.54. The van der Waals surface area contributed by atoms with Crippen molar-refractivity contribution in [1.29, 1.82) is 0 Å². The highest BCUT2D eigenvalue weighted by molar-refractivity contribution is 5.97. The van der Waals surface area contributed by atoms with Crippen LogP contribution in [0.25, 0.3) is 11.7 Å². The van der Waals surface area contributed by atoms with Gasteiger partial charge in [-0.1, -0.05) is 44.2 Å². The van der Waals surface area contributed by atoms with Crippen molar-refractivity contribution in [2.24, 2.45) is 5.92 Å². The van der Waals surface area contributed by atoms with E-state index < -0.39 is 17.3 Å². The van der Waals surface area contributed by atoms with E-state index in [4.69, 9.17) is 4.74 Å². The second-order valence-electron chi connectivity index (χ2n) is 10.4. The van der Waals surface area contributed by atoms with E-state index in [2.05, 4.69) is 10.4 Å². The predicted octanol–water partition coefficient (Wildman–Crippen LogP) is 2.67. The molecule has 2 aliphatic rings. The summed E-state index contributed by atoms with van der Waals surface area (Å²) in [4.78, 5) is 41.3. The molecule has 1 aromatic carbocycles. The van der Waals surface area contributed by atoms with E-state index in [0.29, 0.717) is 43.2 Å². The Bertz CT molecular complexity index is 1450. The van der Waals surface area contributed by atoms with Crippen LogP contribution in [0.3, 0.4) is 0 Å². The van der Waals surface area contributed by atoms with Crippen molar-refractivity contribution in [1.82, 2.24) is 24.4 Å². The van der Waals surface area contributed by atoms with Gasteiger partial charge in [0, 0.05) is 30.8 Å². The van der Waals surface area contributed by atoms with Gasteiger partial charge in [-0.2, -0.15) is 9.61 Å². The number of benzene rings is 1. The second-order valence-corrected chi connectivity index (χ2v) is 10.4. The summed E-state index contributed by atoms with van der Waals surface area (Å²) in [6.45, 7) is 7.34. The van der Waals surface area contributed by atoms with E-state index in [1.165, 1.54) is 6.08 Å². The van der Waals surface area contributed by atoms with Crippen molar-refractivity contribution in [2.45, 2.75) is 52.2 Å². The van der Waals surface area contributed by atoms with Gasteiger partial charge in [-0.05, 0) is 37.3 Å². The molecule has 1 aliphatic heterocycles. The van der Waals surface area contributed by atoms with Crippen molar-refractivity contribution in [2.75, 3.05) is 19.8 Å². The number of rotatable bonds is 7. The van der Waals surface area contributed by atoms with Gasteiger partial charge in [0.15, 0.2) is 5.56 Å². The summed E-state index contributed by atoms with van der Waals surface area (Å²) in [5, 5.41) is 18.3. The van der Waals surface area contributed by atoms with Gasteiger partial charge in [-0.25, -0.2) is 0 Å². The molecule has 1 atom stereocenters. The van der Waals surface area contributed by atoms with Crippen LogP contribution in [0.15, 0.2) is 41.2 Å². The summed E-state index contributed by atoms with van der Waals surface area (Å²) in [5.41, 5.74) is 1.36. The molecule has 200 valence electrons.